The lowest BCUT2D eigenvalue weighted by Gasteiger charge is -2.19. The van der Waals surface area contributed by atoms with E-state index in [4.69, 9.17) is 4.74 Å². The number of hydrogen-bond donors (Lipinski definition) is 1. The van der Waals surface area contributed by atoms with Crippen LogP contribution in [0.4, 0.5) is 4.39 Å². The van der Waals surface area contributed by atoms with E-state index in [0.717, 1.165) is 24.8 Å². The highest BCUT2D eigenvalue weighted by Gasteiger charge is 2.20. The predicted octanol–water partition coefficient (Wildman–Crippen LogP) is 1.39. The van der Waals surface area contributed by atoms with Crippen LogP contribution in [0.15, 0.2) is 24.3 Å². The molecule has 1 aliphatic rings. The van der Waals surface area contributed by atoms with Crippen molar-refractivity contribution in [2.75, 3.05) is 19.7 Å². The minimum absolute atomic E-state index is 0.0507. The van der Waals surface area contributed by atoms with Gasteiger partial charge in [0.1, 0.15) is 12.4 Å². The molecular weight excluding hydrogens is 315 g/mol. The van der Waals surface area contributed by atoms with Crippen LogP contribution in [0.25, 0.3) is 0 Å². The summed E-state index contributed by atoms with van der Waals surface area (Å²) in [5, 5.41) is 2.58. The average molecular weight is 336 g/mol. The van der Waals surface area contributed by atoms with E-state index in [1.165, 1.54) is 17.0 Å². The maximum Gasteiger partial charge on any atom is 0.326 e. The number of benzene rings is 1. The Hall–Kier alpha value is -2.44. The van der Waals surface area contributed by atoms with Gasteiger partial charge in [-0.2, -0.15) is 0 Å². The second-order valence-corrected chi connectivity index (χ2v) is 5.69. The minimum Gasteiger partial charge on any atom is -0.454 e. The first-order chi connectivity index (χ1) is 11.5. The number of likely N-dealkylation sites (tertiary alicyclic amines) is 1. The zero-order valence-electron chi connectivity index (χ0n) is 13.4. The summed E-state index contributed by atoms with van der Waals surface area (Å²) in [5.74, 6) is -1.44. The quantitative estimate of drug-likeness (QED) is 0.797. The van der Waals surface area contributed by atoms with Gasteiger partial charge in [0, 0.05) is 19.5 Å². The number of nitrogens with one attached hydrogen (secondary N) is 1. The van der Waals surface area contributed by atoms with E-state index < -0.39 is 18.5 Å². The zero-order valence-corrected chi connectivity index (χ0v) is 13.4. The summed E-state index contributed by atoms with van der Waals surface area (Å²) in [4.78, 5) is 36.7. The van der Waals surface area contributed by atoms with Crippen molar-refractivity contribution in [3.05, 3.63) is 35.6 Å². The maximum atomic E-state index is 12.8. The Balaban J connectivity index is 1.67. The minimum atomic E-state index is -0.595. The van der Waals surface area contributed by atoms with Crippen LogP contribution in [0.3, 0.4) is 0 Å². The van der Waals surface area contributed by atoms with Crippen LogP contribution >= 0.6 is 0 Å². The molecule has 0 atom stereocenters. The van der Waals surface area contributed by atoms with Gasteiger partial charge in [-0.25, -0.2) is 4.39 Å². The topological polar surface area (TPSA) is 75.7 Å². The van der Waals surface area contributed by atoms with Crippen molar-refractivity contribution >= 4 is 17.8 Å². The second kappa shape index (κ2) is 9.00. The highest BCUT2D eigenvalue weighted by Crippen LogP contribution is 2.10. The second-order valence-electron chi connectivity index (χ2n) is 5.69. The Kier molecular flexibility index (Phi) is 6.72. The third-order valence-corrected chi connectivity index (χ3v) is 3.76. The molecule has 0 bridgehead atoms. The number of ether oxygens (including phenoxy) is 1. The van der Waals surface area contributed by atoms with Crippen LogP contribution in [-0.4, -0.2) is 42.4 Å². The van der Waals surface area contributed by atoms with Gasteiger partial charge in [0.15, 0.2) is 6.61 Å². The fraction of sp³-hybridized carbons (Fsp3) is 0.471. The molecule has 1 heterocycles. The molecule has 130 valence electrons. The molecule has 2 amide bonds. The Morgan fingerprint density at radius 3 is 2.67 bits per heavy atom. The molecule has 0 saturated carbocycles. The molecule has 0 aromatic heterocycles. The number of hydrogen-bond acceptors (Lipinski definition) is 4. The van der Waals surface area contributed by atoms with E-state index in [1.54, 1.807) is 12.1 Å². The van der Waals surface area contributed by atoms with Gasteiger partial charge < -0.3 is 15.0 Å². The fourth-order valence-corrected chi connectivity index (χ4v) is 2.41. The molecule has 1 aromatic rings. The van der Waals surface area contributed by atoms with E-state index in [1.807, 2.05) is 0 Å². The molecule has 0 radical (unpaired) electrons. The lowest BCUT2D eigenvalue weighted by molar-refractivity contribution is -0.152. The fourth-order valence-electron chi connectivity index (χ4n) is 2.41. The molecule has 0 unspecified atom stereocenters. The van der Waals surface area contributed by atoms with E-state index in [-0.39, 0.29) is 24.8 Å². The largest absolute Gasteiger partial charge is 0.454 e. The summed E-state index contributed by atoms with van der Waals surface area (Å²) in [6.07, 6.45) is 3.14. The zero-order chi connectivity index (χ0) is 17.4. The van der Waals surface area contributed by atoms with E-state index in [9.17, 15) is 18.8 Å². The van der Waals surface area contributed by atoms with E-state index >= 15 is 0 Å². The Morgan fingerprint density at radius 2 is 1.92 bits per heavy atom. The molecule has 24 heavy (non-hydrogen) atoms. The van der Waals surface area contributed by atoms with Crippen LogP contribution in [0, 0.1) is 5.82 Å². The third kappa shape index (κ3) is 5.98. The van der Waals surface area contributed by atoms with Crippen LogP contribution in [0.1, 0.15) is 31.2 Å². The van der Waals surface area contributed by atoms with Crippen LogP contribution in [0.2, 0.25) is 0 Å². The summed E-state index contributed by atoms with van der Waals surface area (Å²) in [7, 11) is 0. The smallest absolute Gasteiger partial charge is 0.326 e. The van der Waals surface area contributed by atoms with Crippen molar-refractivity contribution < 1.29 is 23.5 Å². The molecule has 1 aromatic carbocycles. The van der Waals surface area contributed by atoms with Crippen molar-refractivity contribution in [2.24, 2.45) is 0 Å². The predicted molar refractivity (Wildman–Crippen MR) is 84.3 cm³/mol. The molecule has 1 N–H and O–H groups in total. The first-order valence-corrected chi connectivity index (χ1v) is 7.99. The molecule has 0 aliphatic carbocycles. The molecule has 0 spiro atoms. The normalized spacial score (nSPS) is 14.9. The Labute approximate surface area is 140 Å². The number of carbonyl (C=O) groups excluding carboxylic acids is 3. The van der Waals surface area contributed by atoms with Gasteiger partial charge >= 0.3 is 5.97 Å². The number of carbonyl (C=O) groups is 3. The van der Waals surface area contributed by atoms with Gasteiger partial charge in [-0.3, -0.25) is 14.4 Å². The molecule has 1 saturated heterocycles. The van der Waals surface area contributed by atoms with Crippen molar-refractivity contribution in [1.29, 1.82) is 0 Å². The highest BCUT2D eigenvalue weighted by molar-refractivity contribution is 5.84. The number of nitrogens with zero attached hydrogens (tertiary/aromatic N) is 1. The lowest BCUT2D eigenvalue weighted by atomic mass is 10.2. The number of rotatable bonds is 6. The summed E-state index contributed by atoms with van der Waals surface area (Å²) in [6, 6.07) is 5.73. The standard InChI is InChI=1S/C17H21FN2O4/c18-14-7-5-13(6-8-14)10-19-15(21)12-24-17(23)11-20-9-3-1-2-4-16(20)22/h5-8H,1-4,9-12H2,(H,19,21). The van der Waals surface area contributed by atoms with Gasteiger partial charge in [-0.15, -0.1) is 0 Å². The molecule has 7 heteroatoms. The van der Waals surface area contributed by atoms with Crippen molar-refractivity contribution in [2.45, 2.75) is 32.2 Å². The molecule has 1 aliphatic heterocycles. The Bertz CT molecular complexity index is 589. The van der Waals surface area contributed by atoms with Gasteiger partial charge in [0.2, 0.25) is 5.91 Å². The Morgan fingerprint density at radius 1 is 1.17 bits per heavy atom. The first kappa shape index (κ1) is 17.9. The van der Waals surface area contributed by atoms with Gasteiger partial charge in [0.05, 0.1) is 0 Å². The third-order valence-electron chi connectivity index (χ3n) is 3.76. The highest BCUT2D eigenvalue weighted by atomic mass is 19.1. The molecule has 1 fully saturated rings. The van der Waals surface area contributed by atoms with Gasteiger partial charge in [0.25, 0.3) is 5.91 Å². The summed E-state index contributed by atoms with van der Waals surface area (Å²) in [5.41, 5.74) is 0.742. The van der Waals surface area contributed by atoms with Gasteiger partial charge in [-0.1, -0.05) is 18.6 Å². The van der Waals surface area contributed by atoms with E-state index in [2.05, 4.69) is 5.32 Å². The maximum absolute atomic E-state index is 12.8. The summed E-state index contributed by atoms with van der Waals surface area (Å²) in [6.45, 7) is 0.248. The molecule has 2 rings (SSSR count). The average Bonchev–Trinajstić information content (AvgIpc) is 2.77. The number of halogens is 1. The SMILES string of the molecule is O=C(COC(=O)CN1CCCCCC1=O)NCc1ccc(F)cc1. The monoisotopic (exact) mass is 336 g/mol. The number of esters is 1. The lowest BCUT2D eigenvalue weighted by Crippen LogP contribution is -2.37. The molecule has 6 nitrogen and oxygen atoms in total. The summed E-state index contributed by atoms with van der Waals surface area (Å²) < 4.78 is 17.7. The van der Waals surface area contributed by atoms with Crippen LogP contribution < -0.4 is 5.32 Å². The van der Waals surface area contributed by atoms with Crippen LogP contribution in [-0.2, 0) is 25.7 Å². The van der Waals surface area contributed by atoms with Gasteiger partial charge in [-0.05, 0) is 30.5 Å². The van der Waals surface area contributed by atoms with E-state index in [0.29, 0.717) is 13.0 Å². The van der Waals surface area contributed by atoms with Crippen LogP contribution in [0.5, 0.6) is 0 Å². The number of amides is 2. The molecular formula is C17H21FN2O4. The van der Waals surface area contributed by atoms with Crippen molar-refractivity contribution in [3.63, 3.8) is 0 Å². The van der Waals surface area contributed by atoms with Crippen molar-refractivity contribution in [3.8, 4) is 0 Å². The summed E-state index contributed by atoms with van der Waals surface area (Å²) >= 11 is 0. The van der Waals surface area contributed by atoms with Crippen molar-refractivity contribution in [1.82, 2.24) is 10.2 Å². The first-order valence-electron chi connectivity index (χ1n) is 7.99.